The molecule has 0 N–H and O–H groups in total. The van der Waals surface area contributed by atoms with E-state index in [9.17, 15) is 0 Å². The molecule has 1 heterocycles. The predicted octanol–water partition coefficient (Wildman–Crippen LogP) is 3.74. The number of hydrogen-bond acceptors (Lipinski definition) is 4. The molecule has 1 aromatic carbocycles. The van der Waals surface area contributed by atoms with Crippen molar-refractivity contribution in [3.63, 3.8) is 0 Å². The minimum absolute atomic E-state index is 0.794. The van der Waals surface area contributed by atoms with Crippen LogP contribution in [0.25, 0.3) is 0 Å². The zero-order chi connectivity index (χ0) is 12.8. The number of nitrogens with zero attached hydrogens (tertiary/aromatic N) is 3. The second-order valence-electron chi connectivity index (χ2n) is 3.84. The van der Waals surface area contributed by atoms with E-state index in [1.165, 1.54) is 5.69 Å². The molecule has 94 valence electrons. The minimum atomic E-state index is 0.794. The van der Waals surface area contributed by atoms with Gasteiger partial charge in [0, 0.05) is 36.6 Å². The van der Waals surface area contributed by atoms with Gasteiger partial charge in [-0.2, -0.15) is 0 Å². The summed E-state index contributed by atoms with van der Waals surface area (Å²) in [6, 6.07) is 8.45. The third-order valence-corrected chi connectivity index (χ3v) is 3.44. The Balaban J connectivity index is 2.08. The summed E-state index contributed by atoms with van der Waals surface area (Å²) in [5, 5.41) is 2.72. The molecule has 4 heteroatoms. The van der Waals surface area contributed by atoms with Gasteiger partial charge in [-0.05, 0) is 31.5 Å². The van der Waals surface area contributed by atoms with Gasteiger partial charge in [0.25, 0.3) is 0 Å². The van der Waals surface area contributed by atoms with Crippen LogP contribution in [0.2, 0.25) is 0 Å². The van der Waals surface area contributed by atoms with Crippen molar-refractivity contribution >= 4 is 28.4 Å². The molecule has 0 aliphatic heterocycles. The highest BCUT2D eigenvalue weighted by atomic mass is 32.1. The van der Waals surface area contributed by atoms with Gasteiger partial charge in [-0.3, -0.25) is 0 Å². The molecule has 0 aliphatic rings. The monoisotopic (exact) mass is 259 g/mol. The quantitative estimate of drug-likeness (QED) is 0.765. The molecule has 1 aromatic heterocycles. The summed E-state index contributed by atoms with van der Waals surface area (Å²) in [6.45, 7) is 6.40. The van der Waals surface area contributed by atoms with Gasteiger partial charge in [-0.15, -0.1) is 11.3 Å². The van der Waals surface area contributed by atoms with Crippen molar-refractivity contribution in [3.8, 4) is 0 Å². The SMILES string of the molecule is CCN(CC)c1ccc(C=Nc2nccs2)cc1. The highest BCUT2D eigenvalue weighted by molar-refractivity contribution is 7.13. The van der Waals surface area contributed by atoms with Crippen LogP contribution >= 0.6 is 11.3 Å². The lowest BCUT2D eigenvalue weighted by molar-refractivity contribution is 0.866. The maximum absolute atomic E-state index is 4.32. The molecule has 0 radical (unpaired) electrons. The molecule has 0 bridgehead atoms. The fraction of sp³-hybridized carbons (Fsp3) is 0.286. The number of benzene rings is 1. The van der Waals surface area contributed by atoms with E-state index in [-0.39, 0.29) is 0 Å². The third kappa shape index (κ3) is 3.17. The number of thiazole rings is 1. The van der Waals surface area contributed by atoms with Crippen molar-refractivity contribution in [1.82, 2.24) is 4.98 Å². The molecule has 0 saturated heterocycles. The van der Waals surface area contributed by atoms with Gasteiger partial charge in [0.2, 0.25) is 5.13 Å². The van der Waals surface area contributed by atoms with E-state index in [2.05, 4.69) is 53.0 Å². The Morgan fingerprint density at radius 1 is 1.22 bits per heavy atom. The van der Waals surface area contributed by atoms with Crippen molar-refractivity contribution in [3.05, 3.63) is 41.4 Å². The van der Waals surface area contributed by atoms with Crippen molar-refractivity contribution in [1.29, 1.82) is 0 Å². The lowest BCUT2D eigenvalue weighted by Gasteiger charge is -2.20. The van der Waals surface area contributed by atoms with Crippen molar-refractivity contribution < 1.29 is 0 Å². The predicted molar refractivity (Wildman–Crippen MR) is 79.4 cm³/mol. The van der Waals surface area contributed by atoms with E-state index in [1.807, 2.05) is 11.6 Å². The summed E-state index contributed by atoms with van der Waals surface area (Å²) in [5.41, 5.74) is 2.35. The fourth-order valence-corrected chi connectivity index (χ4v) is 2.25. The molecule has 0 fully saturated rings. The first-order valence-corrected chi connectivity index (χ1v) is 7.00. The van der Waals surface area contributed by atoms with Crippen molar-refractivity contribution in [2.45, 2.75) is 13.8 Å². The molecule has 0 spiro atoms. The largest absolute Gasteiger partial charge is 0.372 e. The first kappa shape index (κ1) is 12.8. The van der Waals surface area contributed by atoms with E-state index >= 15 is 0 Å². The van der Waals surface area contributed by atoms with Crippen molar-refractivity contribution in [2.75, 3.05) is 18.0 Å². The molecule has 3 nitrogen and oxygen atoms in total. The zero-order valence-corrected chi connectivity index (χ0v) is 11.5. The van der Waals surface area contributed by atoms with Crippen LogP contribution in [0.5, 0.6) is 0 Å². The number of aromatic nitrogens is 1. The van der Waals surface area contributed by atoms with Crippen LogP contribution in [-0.2, 0) is 0 Å². The standard InChI is InChI=1S/C14H17N3S/c1-3-17(4-2)13-7-5-12(6-8-13)11-16-14-15-9-10-18-14/h5-11H,3-4H2,1-2H3. The maximum Gasteiger partial charge on any atom is 0.208 e. The topological polar surface area (TPSA) is 28.5 Å². The summed E-state index contributed by atoms with van der Waals surface area (Å²) < 4.78 is 0. The Kier molecular flexibility index (Phi) is 4.47. The van der Waals surface area contributed by atoms with E-state index in [4.69, 9.17) is 0 Å². The van der Waals surface area contributed by atoms with E-state index in [1.54, 1.807) is 17.5 Å². The summed E-state index contributed by atoms with van der Waals surface area (Å²) in [5.74, 6) is 0. The minimum Gasteiger partial charge on any atom is -0.372 e. The molecule has 2 rings (SSSR count). The van der Waals surface area contributed by atoms with Crippen LogP contribution in [0.1, 0.15) is 19.4 Å². The molecule has 0 unspecified atom stereocenters. The Morgan fingerprint density at radius 2 is 1.94 bits per heavy atom. The normalized spacial score (nSPS) is 11.0. The molecule has 18 heavy (non-hydrogen) atoms. The highest BCUT2D eigenvalue weighted by Crippen LogP contribution is 2.16. The lowest BCUT2D eigenvalue weighted by atomic mass is 10.2. The first-order valence-electron chi connectivity index (χ1n) is 6.12. The van der Waals surface area contributed by atoms with Crippen LogP contribution in [-0.4, -0.2) is 24.3 Å². The van der Waals surface area contributed by atoms with Gasteiger partial charge >= 0.3 is 0 Å². The van der Waals surface area contributed by atoms with E-state index in [0.717, 1.165) is 23.8 Å². The van der Waals surface area contributed by atoms with Gasteiger partial charge in [0.05, 0.1) is 0 Å². The molecule has 0 saturated carbocycles. The van der Waals surface area contributed by atoms with E-state index < -0.39 is 0 Å². The maximum atomic E-state index is 4.32. The first-order chi connectivity index (χ1) is 8.83. The average molecular weight is 259 g/mol. The molecule has 0 aliphatic carbocycles. The summed E-state index contributed by atoms with van der Waals surface area (Å²) >= 11 is 1.54. The Bertz CT molecular complexity index is 484. The summed E-state index contributed by atoms with van der Waals surface area (Å²) in [4.78, 5) is 10.8. The molecular formula is C14H17N3S. The summed E-state index contributed by atoms with van der Waals surface area (Å²) in [7, 11) is 0. The van der Waals surface area contributed by atoms with Crippen LogP contribution < -0.4 is 4.90 Å². The van der Waals surface area contributed by atoms with E-state index in [0.29, 0.717) is 0 Å². The van der Waals surface area contributed by atoms with Gasteiger partial charge in [-0.25, -0.2) is 9.98 Å². The van der Waals surface area contributed by atoms with Crippen LogP contribution in [0, 0.1) is 0 Å². The second-order valence-corrected chi connectivity index (χ2v) is 4.71. The molecule has 0 atom stereocenters. The fourth-order valence-electron chi connectivity index (χ4n) is 1.77. The highest BCUT2D eigenvalue weighted by Gasteiger charge is 2.00. The molecular weight excluding hydrogens is 242 g/mol. The Hall–Kier alpha value is -1.68. The second kappa shape index (κ2) is 6.31. The van der Waals surface area contributed by atoms with Gasteiger partial charge in [0.15, 0.2) is 0 Å². The van der Waals surface area contributed by atoms with Crippen LogP contribution in [0.3, 0.4) is 0 Å². The number of anilines is 1. The number of rotatable bonds is 5. The Labute approximate surface area is 112 Å². The zero-order valence-electron chi connectivity index (χ0n) is 10.7. The number of hydrogen-bond donors (Lipinski definition) is 0. The van der Waals surface area contributed by atoms with Crippen molar-refractivity contribution in [2.24, 2.45) is 4.99 Å². The van der Waals surface area contributed by atoms with Gasteiger partial charge in [0.1, 0.15) is 0 Å². The number of aliphatic imine (C=N–C) groups is 1. The third-order valence-electron chi connectivity index (χ3n) is 2.77. The average Bonchev–Trinajstić information content (AvgIpc) is 2.92. The molecule has 0 amide bonds. The Morgan fingerprint density at radius 3 is 2.50 bits per heavy atom. The van der Waals surface area contributed by atoms with Gasteiger partial charge in [-0.1, -0.05) is 12.1 Å². The van der Waals surface area contributed by atoms with Crippen LogP contribution in [0.4, 0.5) is 10.8 Å². The smallest absolute Gasteiger partial charge is 0.208 e. The lowest BCUT2D eigenvalue weighted by Crippen LogP contribution is -2.21. The molecule has 2 aromatic rings. The summed E-state index contributed by atoms with van der Waals surface area (Å²) in [6.07, 6.45) is 3.62. The van der Waals surface area contributed by atoms with Crippen LogP contribution in [0.15, 0.2) is 40.8 Å². The van der Waals surface area contributed by atoms with Gasteiger partial charge < -0.3 is 4.90 Å².